The zero-order chi connectivity index (χ0) is 17.5. The van der Waals surface area contributed by atoms with Gasteiger partial charge in [0.1, 0.15) is 11.1 Å². The number of nitrogens with zero attached hydrogens (tertiary/aromatic N) is 3. The van der Waals surface area contributed by atoms with Gasteiger partial charge in [0.15, 0.2) is 0 Å². The third-order valence-corrected chi connectivity index (χ3v) is 4.36. The smallest absolute Gasteiger partial charge is 0.237 e. The minimum absolute atomic E-state index is 0.133. The van der Waals surface area contributed by atoms with Gasteiger partial charge in [0.2, 0.25) is 5.91 Å². The van der Waals surface area contributed by atoms with Crippen molar-refractivity contribution < 1.29 is 4.79 Å². The molecule has 0 aromatic carbocycles. The lowest BCUT2D eigenvalue weighted by Crippen LogP contribution is -2.22. The molecule has 0 fully saturated rings. The fourth-order valence-electron chi connectivity index (χ4n) is 2.09. The van der Waals surface area contributed by atoms with Gasteiger partial charge in [0.25, 0.3) is 0 Å². The Balaban J connectivity index is 2.10. The summed E-state index contributed by atoms with van der Waals surface area (Å²) in [4.78, 5) is 20.8. The summed E-state index contributed by atoms with van der Waals surface area (Å²) >= 11 is 1.30. The van der Waals surface area contributed by atoms with Crippen LogP contribution in [0.1, 0.15) is 32.0 Å². The van der Waals surface area contributed by atoms with Crippen molar-refractivity contribution in [2.75, 3.05) is 5.32 Å². The van der Waals surface area contributed by atoms with Gasteiger partial charge in [-0.15, -0.1) is 0 Å². The van der Waals surface area contributed by atoms with Crippen LogP contribution in [-0.2, 0) is 11.2 Å². The van der Waals surface area contributed by atoms with E-state index >= 15 is 0 Å². The highest BCUT2D eigenvalue weighted by Crippen LogP contribution is 2.26. The van der Waals surface area contributed by atoms with E-state index in [1.165, 1.54) is 11.8 Å². The molecule has 1 N–H and O–H groups in total. The van der Waals surface area contributed by atoms with Gasteiger partial charge < -0.3 is 5.32 Å². The van der Waals surface area contributed by atoms with Crippen molar-refractivity contribution in [1.29, 1.82) is 5.26 Å². The highest BCUT2D eigenvalue weighted by atomic mass is 32.2. The van der Waals surface area contributed by atoms with Crippen molar-refractivity contribution in [2.24, 2.45) is 5.92 Å². The minimum atomic E-state index is -0.368. The number of nitriles is 1. The first-order valence-electron chi connectivity index (χ1n) is 7.77. The number of pyridine rings is 2. The van der Waals surface area contributed by atoms with Crippen LogP contribution in [0, 0.1) is 17.2 Å². The molecule has 0 saturated carbocycles. The molecule has 6 heteroatoms. The average molecular weight is 340 g/mol. The second kappa shape index (κ2) is 8.46. The molecule has 1 unspecified atom stereocenters. The summed E-state index contributed by atoms with van der Waals surface area (Å²) in [6.45, 7) is 6.05. The lowest BCUT2D eigenvalue weighted by Gasteiger charge is -2.13. The fraction of sp³-hybridized carbons (Fsp3) is 0.333. The summed E-state index contributed by atoms with van der Waals surface area (Å²) in [7, 11) is 0. The van der Waals surface area contributed by atoms with Gasteiger partial charge in [-0.25, -0.2) is 4.98 Å². The summed E-state index contributed by atoms with van der Waals surface area (Å²) in [5.41, 5.74) is 2.13. The van der Waals surface area contributed by atoms with Crippen LogP contribution in [0.25, 0.3) is 0 Å². The topological polar surface area (TPSA) is 78.7 Å². The van der Waals surface area contributed by atoms with Gasteiger partial charge in [0, 0.05) is 23.8 Å². The molecule has 0 bridgehead atoms. The van der Waals surface area contributed by atoms with Gasteiger partial charge in [-0.1, -0.05) is 25.6 Å². The second-order valence-electron chi connectivity index (χ2n) is 5.85. The third kappa shape index (κ3) is 5.07. The van der Waals surface area contributed by atoms with Crippen LogP contribution in [0.5, 0.6) is 0 Å². The molecule has 5 nitrogen and oxygen atoms in total. The molecule has 1 atom stereocenters. The number of amides is 1. The summed E-state index contributed by atoms with van der Waals surface area (Å²) < 4.78 is 0. The third-order valence-electron chi connectivity index (χ3n) is 3.26. The number of carbonyl (C=O) groups excluding carboxylic acids is 1. The van der Waals surface area contributed by atoms with Crippen molar-refractivity contribution in [3.8, 4) is 6.07 Å². The number of carbonyl (C=O) groups is 1. The average Bonchev–Trinajstić information content (AvgIpc) is 2.55. The van der Waals surface area contributed by atoms with E-state index in [4.69, 9.17) is 0 Å². The Kier molecular flexibility index (Phi) is 6.33. The molecule has 0 aliphatic heterocycles. The molecule has 2 aromatic heterocycles. The summed E-state index contributed by atoms with van der Waals surface area (Å²) in [5.74, 6) is 0.349. The van der Waals surface area contributed by atoms with E-state index in [0.717, 1.165) is 12.1 Å². The Hall–Kier alpha value is -2.39. The first kappa shape index (κ1) is 18.0. The van der Waals surface area contributed by atoms with E-state index in [0.29, 0.717) is 22.2 Å². The van der Waals surface area contributed by atoms with Gasteiger partial charge in [-0.05, 0) is 43.5 Å². The first-order chi connectivity index (χ1) is 11.5. The Bertz CT molecular complexity index is 740. The molecule has 1 amide bonds. The fourth-order valence-corrected chi connectivity index (χ4v) is 3.00. The number of nitrogens with one attached hydrogen (secondary N) is 1. The monoisotopic (exact) mass is 340 g/mol. The van der Waals surface area contributed by atoms with Crippen molar-refractivity contribution in [1.82, 2.24) is 9.97 Å². The summed E-state index contributed by atoms with van der Waals surface area (Å²) in [6.07, 6.45) is 4.09. The zero-order valence-corrected chi connectivity index (χ0v) is 14.8. The van der Waals surface area contributed by atoms with E-state index < -0.39 is 0 Å². The second-order valence-corrected chi connectivity index (χ2v) is 7.18. The molecule has 0 spiro atoms. The summed E-state index contributed by atoms with van der Waals surface area (Å²) in [6, 6.07) is 9.27. The molecule has 0 aliphatic rings. The van der Waals surface area contributed by atoms with Gasteiger partial charge in [-0.2, -0.15) is 5.26 Å². The quantitative estimate of drug-likeness (QED) is 0.812. The normalized spacial score (nSPS) is 11.8. The van der Waals surface area contributed by atoms with Crippen LogP contribution in [0.3, 0.4) is 0 Å². The predicted octanol–water partition coefficient (Wildman–Crippen LogP) is 3.67. The standard InChI is InChI=1S/C18H20N4OS/c1-12(2)10-16-5-4-14(11-19)18(22-16)24-13(3)17(23)21-15-6-8-20-9-7-15/h4-9,12-13H,10H2,1-3H3,(H,20,21,23). The molecule has 24 heavy (non-hydrogen) atoms. The zero-order valence-electron chi connectivity index (χ0n) is 14.0. The highest BCUT2D eigenvalue weighted by molar-refractivity contribution is 8.00. The molecular weight excluding hydrogens is 320 g/mol. The molecular formula is C18H20N4OS. The van der Waals surface area contributed by atoms with Crippen molar-refractivity contribution in [3.05, 3.63) is 47.9 Å². The van der Waals surface area contributed by atoms with Crippen LogP contribution in [-0.4, -0.2) is 21.1 Å². The largest absolute Gasteiger partial charge is 0.325 e. The number of thioether (sulfide) groups is 1. The number of hydrogen-bond acceptors (Lipinski definition) is 5. The van der Waals surface area contributed by atoms with E-state index in [1.807, 2.05) is 6.07 Å². The van der Waals surface area contributed by atoms with Crippen LogP contribution in [0.2, 0.25) is 0 Å². The highest BCUT2D eigenvalue weighted by Gasteiger charge is 2.18. The Morgan fingerprint density at radius 1 is 1.25 bits per heavy atom. The Morgan fingerprint density at radius 2 is 1.96 bits per heavy atom. The van der Waals surface area contributed by atoms with Crippen molar-refractivity contribution >= 4 is 23.4 Å². The van der Waals surface area contributed by atoms with E-state index in [-0.39, 0.29) is 11.2 Å². The van der Waals surface area contributed by atoms with Crippen LogP contribution in [0.4, 0.5) is 5.69 Å². The Labute approximate surface area is 146 Å². The van der Waals surface area contributed by atoms with E-state index in [1.54, 1.807) is 37.5 Å². The van der Waals surface area contributed by atoms with Crippen molar-refractivity contribution in [3.63, 3.8) is 0 Å². The van der Waals surface area contributed by atoms with E-state index in [9.17, 15) is 10.1 Å². The number of rotatable bonds is 6. The van der Waals surface area contributed by atoms with E-state index in [2.05, 4.69) is 35.2 Å². The van der Waals surface area contributed by atoms with Gasteiger partial charge in [-0.3, -0.25) is 9.78 Å². The maximum Gasteiger partial charge on any atom is 0.237 e. The molecule has 0 saturated heterocycles. The molecule has 2 heterocycles. The lowest BCUT2D eigenvalue weighted by molar-refractivity contribution is -0.115. The molecule has 2 aromatic rings. The number of aromatic nitrogens is 2. The van der Waals surface area contributed by atoms with Crippen LogP contribution < -0.4 is 5.32 Å². The predicted molar refractivity (Wildman–Crippen MR) is 95.7 cm³/mol. The molecule has 124 valence electrons. The Morgan fingerprint density at radius 3 is 2.58 bits per heavy atom. The summed E-state index contributed by atoms with van der Waals surface area (Å²) in [5, 5.41) is 12.3. The number of anilines is 1. The van der Waals surface area contributed by atoms with Crippen LogP contribution in [0.15, 0.2) is 41.7 Å². The lowest BCUT2D eigenvalue weighted by atomic mass is 10.1. The van der Waals surface area contributed by atoms with Gasteiger partial charge >= 0.3 is 0 Å². The SMILES string of the molecule is CC(C)Cc1ccc(C#N)c(SC(C)C(=O)Nc2ccncc2)n1. The molecule has 0 aliphatic carbocycles. The first-order valence-corrected chi connectivity index (χ1v) is 8.65. The maximum atomic E-state index is 12.3. The molecule has 0 radical (unpaired) electrons. The molecule has 2 rings (SSSR count). The maximum absolute atomic E-state index is 12.3. The number of hydrogen-bond donors (Lipinski definition) is 1. The van der Waals surface area contributed by atoms with Crippen molar-refractivity contribution in [2.45, 2.75) is 37.5 Å². The minimum Gasteiger partial charge on any atom is -0.325 e. The van der Waals surface area contributed by atoms with Crippen LogP contribution >= 0.6 is 11.8 Å². The van der Waals surface area contributed by atoms with Gasteiger partial charge in [0.05, 0.1) is 10.8 Å².